The lowest BCUT2D eigenvalue weighted by Crippen LogP contribution is -2.56. The summed E-state index contributed by atoms with van der Waals surface area (Å²) in [6.07, 6.45) is 11.2. The summed E-state index contributed by atoms with van der Waals surface area (Å²) >= 11 is 0. The Morgan fingerprint density at radius 1 is 1.21 bits per heavy atom. The first-order valence-corrected chi connectivity index (χ1v) is 19.1. The molecule has 0 aromatic carbocycles. The Labute approximate surface area is 278 Å². The standard InChI is InChI=1S/C32H50F3NO9SSi/c1-11-12-26(40-9)14-13-24(8)15-28(45-47(21(2)3,22(4)5)23(6)7)27-16-25(19-37)17-31(41-10,43-27)18-29-36-30(20-42-29)44-46(38,39)32(33,34)35/h1,13-15,20-23,25-28,37H,12,16-19H2,2-10H3/b14-13+,24-15+/t25-,26-,27-,28-,31+/m1/s1. The lowest BCUT2D eigenvalue weighted by molar-refractivity contribution is -0.291. The molecule has 1 N–H and O–H groups in total. The van der Waals surface area contributed by atoms with Gasteiger partial charge in [-0.15, -0.1) is 12.3 Å². The molecule has 0 spiro atoms. The third-order valence-corrected chi connectivity index (χ3v) is 15.7. The normalized spacial score (nSPS) is 23.1. The van der Waals surface area contributed by atoms with E-state index in [-0.39, 0.29) is 54.0 Å². The molecule has 1 aromatic heterocycles. The predicted octanol–water partition coefficient (Wildman–Crippen LogP) is 6.68. The Morgan fingerprint density at radius 2 is 1.83 bits per heavy atom. The van der Waals surface area contributed by atoms with Gasteiger partial charge in [-0.25, -0.2) is 0 Å². The van der Waals surface area contributed by atoms with E-state index in [4.69, 9.17) is 29.5 Å². The van der Waals surface area contributed by atoms with Gasteiger partial charge in [0.05, 0.1) is 24.7 Å². The minimum absolute atomic E-state index is 0.182. The number of ether oxygens (including phenoxy) is 3. The Bertz CT molecular complexity index is 1330. The summed E-state index contributed by atoms with van der Waals surface area (Å²) < 4.78 is 96.1. The second kappa shape index (κ2) is 17.0. The zero-order chi connectivity index (χ0) is 35.8. The molecule has 0 amide bonds. The van der Waals surface area contributed by atoms with Crippen molar-refractivity contribution in [2.24, 2.45) is 5.92 Å². The number of halogens is 3. The van der Waals surface area contributed by atoms with E-state index >= 15 is 0 Å². The van der Waals surface area contributed by atoms with Gasteiger partial charge in [-0.05, 0) is 35.9 Å². The Hall–Kier alpha value is -2.19. The highest BCUT2D eigenvalue weighted by atomic mass is 32.2. The van der Waals surface area contributed by atoms with Crippen LogP contribution >= 0.6 is 0 Å². The first-order chi connectivity index (χ1) is 21.8. The molecule has 1 fully saturated rings. The van der Waals surface area contributed by atoms with Crippen LogP contribution in [-0.4, -0.2) is 77.3 Å². The highest BCUT2D eigenvalue weighted by Crippen LogP contribution is 2.46. The minimum Gasteiger partial charge on any atom is -0.445 e. The Kier molecular flexibility index (Phi) is 14.8. The van der Waals surface area contributed by atoms with Gasteiger partial charge in [-0.3, -0.25) is 0 Å². The molecule has 10 nitrogen and oxygen atoms in total. The maximum Gasteiger partial charge on any atom is 0.534 e. The number of alkyl halides is 3. The van der Waals surface area contributed by atoms with E-state index in [0.717, 1.165) is 5.57 Å². The van der Waals surface area contributed by atoms with E-state index in [1.165, 1.54) is 7.11 Å². The van der Waals surface area contributed by atoms with Crippen molar-refractivity contribution < 1.29 is 53.9 Å². The maximum atomic E-state index is 12.8. The van der Waals surface area contributed by atoms with Crippen LogP contribution in [0.2, 0.25) is 16.6 Å². The van der Waals surface area contributed by atoms with E-state index < -0.39 is 47.8 Å². The number of rotatable bonds is 17. The molecule has 5 atom stereocenters. The first kappa shape index (κ1) is 41.0. The van der Waals surface area contributed by atoms with Crippen molar-refractivity contribution in [3.63, 3.8) is 0 Å². The van der Waals surface area contributed by atoms with Crippen LogP contribution in [0.25, 0.3) is 0 Å². The molecule has 2 rings (SSSR count). The fraction of sp³-hybridized carbons (Fsp3) is 0.719. The summed E-state index contributed by atoms with van der Waals surface area (Å²) in [7, 11) is -5.47. The maximum absolute atomic E-state index is 12.8. The number of aliphatic hydroxyl groups excluding tert-OH is 1. The quantitative estimate of drug-likeness (QED) is 0.0616. The molecule has 1 aromatic rings. The average Bonchev–Trinajstić information content (AvgIpc) is 3.41. The molecule has 47 heavy (non-hydrogen) atoms. The van der Waals surface area contributed by atoms with Crippen molar-refractivity contribution in [3.8, 4) is 18.2 Å². The van der Waals surface area contributed by atoms with Crippen LogP contribution in [0.5, 0.6) is 5.88 Å². The van der Waals surface area contributed by atoms with Crippen LogP contribution < -0.4 is 4.18 Å². The Balaban J connectivity index is 2.57. The van der Waals surface area contributed by atoms with Gasteiger partial charge in [0.25, 0.3) is 5.88 Å². The van der Waals surface area contributed by atoms with Crippen molar-refractivity contribution in [1.82, 2.24) is 4.98 Å². The zero-order valence-corrected chi connectivity index (χ0v) is 30.5. The summed E-state index contributed by atoms with van der Waals surface area (Å²) in [6, 6.07) is 0. The van der Waals surface area contributed by atoms with Crippen molar-refractivity contribution in [2.45, 2.75) is 120 Å². The lowest BCUT2D eigenvalue weighted by Gasteiger charge is -2.49. The summed E-state index contributed by atoms with van der Waals surface area (Å²) in [5.74, 6) is -0.243. The van der Waals surface area contributed by atoms with Gasteiger partial charge < -0.3 is 32.3 Å². The van der Waals surface area contributed by atoms with Crippen LogP contribution in [0, 0.1) is 18.3 Å². The van der Waals surface area contributed by atoms with Gasteiger partial charge >= 0.3 is 15.6 Å². The molecule has 0 unspecified atom stereocenters. The minimum atomic E-state index is -5.95. The Morgan fingerprint density at radius 3 is 2.32 bits per heavy atom. The van der Waals surface area contributed by atoms with Crippen LogP contribution in [0.4, 0.5) is 13.2 Å². The van der Waals surface area contributed by atoms with E-state index in [9.17, 15) is 26.7 Å². The predicted molar refractivity (Wildman–Crippen MR) is 173 cm³/mol. The van der Waals surface area contributed by atoms with E-state index in [1.54, 1.807) is 7.11 Å². The number of aliphatic hydroxyl groups is 1. The number of nitrogens with zero attached hydrogens (tertiary/aromatic N) is 1. The number of hydrogen-bond acceptors (Lipinski definition) is 10. The fourth-order valence-electron chi connectivity index (χ4n) is 6.47. The van der Waals surface area contributed by atoms with Crippen LogP contribution in [0.3, 0.4) is 0 Å². The topological polar surface area (TPSA) is 127 Å². The first-order valence-electron chi connectivity index (χ1n) is 15.6. The molecule has 15 heteroatoms. The highest BCUT2D eigenvalue weighted by molar-refractivity contribution is 7.87. The number of methoxy groups -OCH3 is 2. The van der Waals surface area contributed by atoms with Crippen molar-refractivity contribution >= 4 is 18.4 Å². The molecule has 0 radical (unpaired) electrons. The largest absolute Gasteiger partial charge is 0.534 e. The van der Waals surface area contributed by atoms with Crippen molar-refractivity contribution in [2.75, 3.05) is 20.8 Å². The molecule has 0 bridgehead atoms. The summed E-state index contributed by atoms with van der Waals surface area (Å²) in [6.45, 7) is 14.7. The van der Waals surface area contributed by atoms with Gasteiger partial charge in [-0.1, -0.05) is 65.3 Å². The molecule has 1 aliphatic heterocycles. The van der Waals surface area contributed by atoms with E-state index in [1.807, 2.05) is 25.2 Å². The molecule has 1 saturated heterocycles. The van der Waals surface area contributed by atoms with E-state index in [2.05, 4.69) is 56.6 Å². The number of allylic oxidation sites excluding steroid dienone is 2. The molecule has 1 aliphatic rings. The van der Waals surface area contributed by atoms with Gasteiger partial charge in [0.2, 0.25) is 14.2 Å². The fourth-order valence-corrected chi connectivity index (χ4v) is 12.4. The summed E-state index contributed by atoms with van der Waals surface area (Å²) in [4.78, 5) is 3.80. The van der Waals surface area contributed by atoms with Crippen LogP contribution in [0.1, 0.15) is 73.6 Å². The summed E-state index contributed by atoms with van der Waals surface area (Å²) in [5.41, 5.74) is -4.05. The number of oxazole rings is 1. The van der Waals surface area contributed by atoms with Gasteiger partial charge in [-0.2, -0.15) is 26.6 Å². The SMILES string of the molecule is C#CC[C@H](/C=C/C(C)=C/[C@@H](O[Si](C(C)C)(C(C)C)C(C)C)[C@H]1C[C@@H](CO)C[C@](Cc2nc(OS(=O)(=O)C(F)(F)F)co2)(OC)O1)OC. The average molecular weight is 710 g/mol. The molecular weight excluding hydrogens is 659 g/mol. The molecule has 0 saturated carbocycles. The third-order valence-electron chi connectivity index (χ3n) is 8.63. The van der Waals surface area contributed by atoms with Gasteiger partial charge in [0, 0.05) is 33.7 Å². The van der Waals surface area contributed by atoms with E-state index in [0.29, 0.717) is 19.1 Å². The monoisotopic (exact) mass is 709 g/mol. The van der Waals surface area contributed by atoms with Crippen LogP contribution in [-0.2, 0) is 35.2 Å². The molecular formula is C32H50F3NO9SSi. The molecule has 0 aliphatic carbocycles. The van der Waals surface area contributed by atoms with Gasteiger partial charge in [0.15, 0.2) is 12.1 Å². The highest BCUT2D eigenvalue weighted by Gasteiger charge is 2.51. The number of terminal acetylenes is 1. The van der Waals surface area contributed by atoms with Crippen molar-refractivity contribution in [1.29, 1.82) is 0 Å². The number of aromatic nitrogens is 1. The smallest absolute Gasteiger partial charge is 0.445 e. The summed E-state index contributed by atoms with van der Waals surface area (Å²) in [5, 5.41) is 10.4. The second-order valence-corrected chi connectivity index (χ2v) is 19.8. The lowest BCUT2D eigenvalue weighted by atomic mass is 9.86. The third kappa shape index (κ3) is 10.4. The molecule has 2 heterocycles. The molecule has 268 valence electrons. The van der Waals surface area contributed by atoms with Crippen molar-refractivity contribution in [3.05, 3.63) is 36.0 Å². The van der Waals surface area contributed by atoms with Gasteiger partial charge in [0.1, 0.15) is 0 Å². The number of hydrogen-bond donors (Lipinski definition) is 1. The zero-order valence-electron chi connectivity index (χ0n) is 28.7. The van der Waals surface area contributed by atoms with Crippen LogP contribution in [0.15, 0.2) is 34.5 Å². The second-order valence-electron chi connectivity index (χ2n) is 12.9.